The van der Waals surface area contributed by atoms with E-state index in [1.54, 1.807) is 0 Å². The van der Waals surface area contributed by atoms with Crippen molar-refractivity contribution in [1.82, 2.24) is 19.1 Å². The van der Waals surface area contributed by atoms with Gasteiger partial charge >= 0.3 is 0 Å². The highest BCUT2D eigenvalue weighted by Gasteiger charge is 2.23. The summed E-state index contributed by atoms with van der Waals surface area (Å²) in [5.41, 5.74) is 13.7. The maximum absolute atomic E-state index is 3.82. The molecule has 2 N–H and O–H groups in total. The first kappa shape index (κ1) is 24.3. The summed E-state index contributed by atoms with van der Waals surface area (Å²) in [7, 11) is 0. The van der Waals surface area contributed by atoms with E-state index in [2.05, 4.69) is 153 Å². The normalized spacial score (nSPS) is 13.6. The quantitative estimate of drug-likeness (QED) is 0.202. The van der Waals surface area contributed by atoms with Crippen LogP contribution in [0.3, 0.4) is 0 Å². The second-order valence-electron chi connectivity index (χ2n) is 12.7. The van der Waals surface area contributed by atoms with Gasteiger partial charge in [0, 0.05) is 76.9 Å². The first-order chi connectivity index (χ1) is 22.8. The Bertz CT molecular complexity index is 2810. The van der Waals surface area contributed by atoms with Crippen molar-refractivity contribution in [3.63, 3.8) is 0 Å². The van der Waals surface area contributed by atoms with Gasteiger partial charge in [0.15, 0.2) is 0 Å². The molecule has 0 atom stereocenters. The number of nitrogens with one attached hydrogen (secondary N) is 2. The average molecular weight is 589 g/mol. The number of rotatable bonds is 2. The van der Waals surface area contributed by atoms with E-state index in [4.69, 9.17) is 0 Å². The summed E-state index contributed by atoms with van der Waals surface area (Å²) in [6.07, 6.45) is 4.41. The van der Waals surface area contributed by atoms with Gasteiger partial charge in [-0.3, -0.25) is 0 Å². The molecule has 46 heavy (non-hydrogen) atoms. The molecule has 0 amide bonds. The highest BCUT2D eigenvalue weighted by atomic mass is 15.0. The van der Waals surface area contributed by atoms with Crippen LogP contribution in [-0.4, -0.2) is 19.1 Å². The number of benzene rings is 6. The molecule has 1 aliphatic carbocycles. The fourth-order valence-corrected chi connectivity index (χ4v) is 8.34. The Balaban J connectivity index is 1.19. The van der Waals surface area contributed by atoms with Gasteiger partial charge < -0.3 is 19.1 Å². The Hall–Kier alpha value is -6.00. The number of allylic oxidation sites excluding steroid dienone is 1. The van der Waals surface area contributed by atoms with Crippen molar-refractivity contribution in [2.45, 2.75) is 12.8 Å². The highest BCUT2D eigenvalue weighted by molar-refractivity contribution is 6.23. The maximum Gasteiger partial charge on any atom is 0.0541 e. The van der Waals surface area contributed by atoms with Crippen LogP contribution in [0.1, 0.15) is 17.7 Å². The zero-order valence-corrected chi connectivity index (χ0v) is 25.0. The first-order valence-corrected chi connectivity index (χ1v) is 16.1. The van der Waals surface area contributed by atoms with Crippen LogP contribution in [0.5, 0.6) is 0 Å². The second kappa shape index (κ2) is 8.80. The Morgan fingerprint density at radius 1 is 0.435 bits per heavy atom. The summed E-state index contributed by atoms with van der Waals surface area (Å²) in [5.74, 6) is 0. The lowest BCUT2D eigenvalue weighted by Crippen LogP contribution is -2.04. The molecule has 10 aromatic rings. The SMILES string of the molecule is C1=C(n2c3ccccc3c3ccccc32)CCc2[nH]c3ccc4[nH]c5ccc(-n6c7ccccc7c7ccccc76)cc5c4c3c21. The molecule has 0 aliphatic heterocycles. The minimum Gasteiger partial charge on any atom is -0.358 e. The van der Waals surface area contributed by atoms with Crippen LogP contribution < -0.4 is 0 Å². The molecule has 11 rings (SSSR count). The molecule has 0 saturated carbocycles. The van der Waals surface area contributed by atoms with Crippen LogP contribution in [-0.2, 0) is 6.42 Å². The number of nitrogens with zero attached hydrogens (tertiary/aromatic N) is 2. The van der Waals surface area contributed by atoms with E-state index >= 15 is 0 Å². The van der Waals surface area contributed by atoms with Gasteiger partial charge in [-0.25, -0.2) is 0 Å². The summed E-state index contributed by atoms with van der Waals surface area (Å²) in [4.78, 5) is 7.57. The van der Waals surface area contributed by atoms with Crippen molar-refractivity contribution in [2.75, 3.05) is 0 Å². The van der Waals surface area contributed by atoms with Gasteiger partial charge in [-0.1, -0.05) is 72.8 Å². The number of hydrogen-bond acceptors (Lipinski definition) is 0. The third-order valence-electron chi connectivity index (χ3n) is 10.3. The molecular weight excluding hydrogens is 560 g/mol. The van der Waals surface area contributed by atoms with Crippen molar-refractivity contribution in [3.05, 3.63) is 139 Å². The first-order valence-electron chi connectivity index (χ1n) is 16.1. The van der Waals surface area contributed by atoms with Gasteiger partial charge in [0.25, 0.3) is 0 Å². The van der Waals surface area contributed by atoms with Crippen molar-refractivity contribution >= 4 is 88.1 Å². The molecule has 0 radical (unpaired) electrons. The standard InChI is InChI=1S/C42H28N4/c1-5-13-37-27(9-1)28-10-2-6-14-38(28)45(37)25-17-19-33-31(23-25)41-35(43-33)21-22-36-42(41)32-24-26(18-20-34(32)44-36)46-39-15-7-3-11-29(39)30-12-4-8-16-40(30)46/h1-17,19,21-24,43-44H,18,20H2. The Morgan fingerprint density at radius 2 is 0.957 bits per heavy atom. The molecule has 0 fully saturated rings. The Labute approximate surface area is 263 Å². The Kier molecular flexibility index (Phi) is 4.66. The number of aromatic amines is 2. The number of aryl methyl sites for hydroxylation is 1. The summed E-state index contributed by atoms with van der Waals surface area (Å²) < 4.78 is 4.90. The van der Waals surface area contributed by atoms with Gasteiger partial charge in [-0.15, -0.1) is 0 Å². The lowest BCUT2D eigenvalue weighted by atomic mass is 9.97. The zero-order chi connectivity index (χ0) is 29.9. The van der Waals surface area contributed by atoms with E-state index in [1.807, 2.05) is 0 Å². The lowest BCUT2D eigenvalue weighted by Gasteiger charge is -2.17. The van der Waals surface area contributed by atoms with Gasteiger partial charge in [0.05, 0.1) is 22.1 Å². The second-order valence-corrected chi connectivity index (χ2v) is 12.7. The highest BCUT2D eigenvalue weighted by Crippen LogP contribution is 2.42. The molecule has 216 valence electrons. The van der Waals surface area contributed by atoms with E-state index in [1.165, 1.54) is 93.4 Å². The molecule has 4 heteroatoms. The molecule has 0 spiro atoms. The van der Waals surface area contributed by atoms with Gasteiger partial charge in [-0.05, 0) is 73.5 Å². The molecule has 0 saturated heterocycles. The largest absolute Gasteiger partial charge is 0.358 e. The number of fused-ring (bicyclic) bond motifs is 13. The fraction of sp³-hybridized carbons (Fsp3) is 0.0476. The van der Waals surface area contributed by atoms with Crippen LogP contribution in [0.4, 0.5) is 0 Å². The summed E-state index contributed by atoms with van der Waals surface area (Å²) in [6, 6.07) is 46.4. The molecule has 0 bridgehead atoms. The number of hydrogen-bond donors (Lipinski definition) is 2. The van der Waals surface area contributed by atoms with Crippen molar-refractivity contribution in [3.8, 4) is 5.69 Å². The van der Waals surface area contributed by atoms with Crippen LogP contribution in [0.15, 0.2) is 127 Å². The van der Waals surface area contributed by atoms with Crippen molar-refractivity contribution in [2.24, 2.45) is 0 Å². The molecule has 4 aromatic heterocycles. The van der Waals surface area contributed by atoms with E-state index in [0.29, 0.717) is 0 Å². The molecule has 4 heterocycles. The minimum atomic E-state index is 0.979. The third kappa shape index (κ3) is 3.13. The molecule has 1 aliphatic rings. The van der Waals surface area contributed by atoms with Gasteiger partial charge in [-0.2, -0.15) is 0 Å². The smallest absolute Gasteiger partial charge is 0.0541 e. The number of para-hydroxylation sites is 4. The third-order valence-corrected chi connectivity index (χ3v) is 10.3. The lowest BCUT2D eigenvalue weighted by molar-refractivity contribution is 0.921. The van der Waals surface area contributed by atoms with E-state index in [0.717, 1.165) is 18.4 Å². The number of H-pyrrole nitrogens is 2. The van der Waals surface area contributed by atoms with Crippen LogP contribution in [0.2, 0.25) is 0 Å². The number of aromatic nitrogens is 4. The topological polar surface area (TPSA) is 41.4 Å². The maximum atomic E-state index is 3.82. The van der Waals surface area contributed by atoms with Crippen LogP contribution in [0.25, 0.3) is 93.8 Å². The molecule has 4 nitrogen and oxygen atoms in total. The van der Waals surface area contributed by atoms with Gasteiger partial charge in [0.2, 0.25) is 0 Å². The molecule has 0 unspecified atom stereocenters. The molecule has 6 aromatic carbocycles. The fourth-order valence-electron chi connectivity index (χ4n) is 8.34. The van der Waals surface area contributed by atoms with Crippen LogP contribution in [0, 0.1) is 0 Å². The average Bonchev–Trinajstić information content (AvgIpc) is 3.85. The summed E-state index contributed by atoms with van der Waals surface area (Å²) >= 11 is 0. The van der Waals surface area contributed by atoms with E-state index in [-0.39, 0.29) is 0 Å². The predicted molar refractivity (Wildman–Crippen MR) is 194 cm³/mol. The van der Waals surface area contributed by atoms with Crippen molar-refractivity contribution in [1.29, 1.82) is 0 Å². The Morgan fingerprint density at radius 3 is 1.57 bits per heavy atom. The van der Waals surface area contributed by atoms with E-state index < -0.39 is 0 Å². The van der Waals surface area contributed by atoms with Crippen molar-refractivity contribution < 1.29 is 0 Å². The monoisotopic (exact) mass is 588 g/mol. The van der Waals surface area contributed by atoms with E-state index in [9.17, 15) is 0 Å². The zero-order valence-electron chi connectivity index (χ0n) is 25.0. The van der Waals surface area contributed by atoms with Gasteiger partial charge in [0.1, 0.15) is 0 Å². The molecular formula is C42H28N4. The summed E-state index contributed by atoms with van der Waals surface area (Å²) in [5, 5.41) is 9.01. The summed E-state index contributed by atoms with van der Waals surface area (Å²) in [6.45, 7) is 0. The van der Waals surface area contributed by atoms with Crippen LogP contribution >= 0.6 is 0 Å². The predicted octanol–water partition coefficient (Wildman–Crippen LogP) is 11.0. The minimum absolute atomic E-state index is 0.979.